The third kappa shape index (κ3) is 4.21. The van der Waals surface area contributed by atoms with Crippen molar-refractivity contribution in [2.24, 2.45) is 0 Å². The Morgan fingerprint density at radius 3 is 2.78 bits per heavy atom. The van der Waals surface area contributed by atoms with Crippen LogP contribution < -0.4 is 15.4 Å². The Hall–Kier alpha value is -1.82. The number of ether oxygens (including phenoxy) is 1. The van der Waals surface area contributed by atoms with Crippen LogP contribution in [0.15, 0.2) is 18.2 Å². The van der Waals surface area contributed by atoms with Gasteiger partial charge in [-0.05, 0) is 25.6 Å². The third-order valence-corrected chi connectivity index (χ3v) is 2.49. The lowest BCUT2D eigenvalue weighted by Crippen LogP contribution is -2.17. The van der Waals surface area contributed by atoms with Gasteiger partial charge in [-0.25, -0.2) is 0 Å². The molecule has 0 unspecified atom stereocenters. The summed E-state index contributed by atoms with van der Waals surface area (Å²) in [5, 5.41) is 17.2. The van der Waals surface area contributed by atoms with Crippen LogP contribution in [-0.2, 0) is 0 Å². The fourth-order valence-electron chi connectivity index (χ4n) is 1.56. The second kappa shape index (κ2) is 7.50. The largest absolute Gasteiger partial charge is 0.490 e. The van der Waals surface area contributed by atoms with Crippen LogP contribution in [0.25, 0.3) is 0 Å². The van der Waals surface area contributed by atoms with Crippen LogP contribution in [0.1, 0.15) is 13.3 Å². The molecular formula is C12H19N3O3. The topological polar surface area (TPSA) is 76.4 Å². The van der Waals surface area contributed by atoms with E-state index in [-0.39, 0.29) is 11.4 Å². The summed E-state index contributed by atoms with van der Waals surface area (Å²) in [6.45, 7) is 4.79. The highest BCUT2D eigenvalue weighted by molar-refractivity contribution is 5.57. The Morgan fingerprint density at radius 1 is 1.39 bits per heavy atom. The monoisotopic (exact) mass is 253 g/mol. The van der Waals surface area contributed by atoms with Crippen LogP contribution in [0.5, 0.6) is 5.75 Å². The molecule has 0 aliphatic carbocycles. The number of nitrogens with zero attached hydrogens (tertiary/aromatic N) is 1. The smallest absolute Gasteiger partial charge is 0.311 e. The van der Waals surface area contributed by atoms with Gasteiger partial charge in [0, 0.05) is 24.4 Å². The van der Waals surface area contributed by atoms with Gasteiger partial charge in [0.05, 0.1) is 12.0 Å². The molecule has 18 heavy (non-hydrogen) atoms. The van der Waals surface area contributed by atoms with Gasteiger partial charge in [-0.15, -0.1) is 0 Å². The van der Waals surface area contributed by atoms with Crippen molar-refractivity contribution in [1.82, 2.24) is 5.32 Å². The van der Waals surface area contributed by atoms with Gasteiger partial charge in [-0.3, -0.25) is 10.1 Å². The number of nitro benzene ring substituents is 1. The number of benzene rings is 1. The summed E-state index contributed by atoms with van der Waals surface area (Å²) < 4.78 is 5.00. The maximum Gasteiger partial charge on any atom is 0.311 e. The summed E-state index contributed by atoms with van der Waals surface area (Å²) in [6.07, 6.45) is 0.993. The van der Waals surface area contributed by atoms with E-state index in [1.807, 2.05) is 0 Å². The van der Waals surface area contributed by atoms with Crippen molar-refractivity contribution in [2.75, 3.05) is 32.1 Å². The number of anilines is 1. The number of hydrogen-bond donors (Lipinski definition) is 2. The third-order valence-electron chi connectivity index (χ3n) is 2.49. The van der Waals surface area contributed by atoms with Gasteiger partial charge in [0.15, 0.2) is 5.75 Å². The van der Waals surface area contributed by atoms with E-state index in [9.17, 15) is 10.1 Å². The molecule has 100 valence electrons. The molecular weight excluding hydrogens is 234 g/mol. The maximum absolute atomic E-state index is 10.7. The standard InChI is InChI=1S/C12H19N3O3/c1-3-13-7-4-8-14-10-5-6-11(15(16)17)12(9-10)18-2/h5-6,9,13-14H,3-4,7-8H2,1-2H3. The van der Waals surface area contributed by atoms with Gasteiger partial charge < -0.3 is 15.4 Å². The zero-order valence-corrected chi connectivity index (χ0v) is 10.7. The first-order chi connectivity index (χ1) is 8.69. The van der Waals surface area contributed by atoms with Gasteiger partial charge in [0.1, 0.15) is 0 Å². The zero-order valence-electron chi connectivity index (χ0n) is 10.7. The van der Waals surface area contributed by atoms with E-state index < -0.39 is 4.92 Å². The minimum atomic E-state index is -0.451. The van der Waals surface area contributed by atoms with Crippen LogP contribution >= 0.6 is 0 Å². The maximum atomic E-state index is 10.7. The van der Waals surface area contributed by atoms with Gasteiger partial charge in [-0.2, -0.15) is 0 Å². The molecule has 0 saturated heterocycles. The minimum Gasteiger partial charge on any atom is -0.490 e. The number of rotatable bonds is 8. The van der Waals surface area contributed by atoms with Crippen molar-refractivity contribution in [3.8, 4) is 5.75 Å². The lowest BCUT2D eigenvalue weighted by Gasteiger charge is -2.08. The summed E-state index contributed by atoms with van der Waals surface area (Å²) in [5.74, 6) is 0.275. The van der Waals surface area contributed by atoms with Gasteiger partial charge >= 0.3 is 5.69 Å². The van der Waals surface area contributed by atoms with Crippen LogP contribution in [0.2, 0.25) is 0 Å². The fraction of sp³-hybridized carbons (Fsp3) is 0.500. The van der Waals surface area contributed by atoms with Crippen LogP contribution in [0.3, 0.4) is 0 Å². The Morgan fingerprint density at radius 2 is 2.17 bits per heavy atom. The molecule has 0 spiro atoms. The number of hydrogen-bond acceptors (Lipinski definition) is 5. The Labute approximate surface area is 106 Å². The summed E-state index contributed by atoms with van der Waals surface area (Å²) in [7, 11) is 1.43. The predicted octanol–water partition coefficient (Wildman–Crippen LogP) is 2.01. The molecule has 0 amide bonds. The molecule has 0 aliphatic rings. The molecule has 0 bridgehead atoms. The first-order valence-electron chi connectivity index (χ1n) is 5.96. The predicted molar refractivity (Wildman–Crippen MR) is 71.3 cm³/mol. The highest BCUT2D eigenvalue weighted by Crippen LogP contribution is 2.29. The summed E-state index contributed by atoms with van der Waals surface area (Å²) in [5.41, 5.74) is 0.810. The quantitative estimate of drug-likeness (QED) is 0.421. The molecule has 6 heteroatoms. The highest BCUT2D eigenvalue weighted by Gasteiger charge is 2.14. The van der Waals surface area contributed by atoms with Crippen molar-refractivity contribution < 1.29 is 9.66 Å². The molecule has 0 saturated carbocycles. The van der Waals surface area contributed by atoms with E-state index in [4.69, 9.17) is 4.74 Å². The molecule has 1 aromatic rings. The van der Waals surface area contributed by atoms with Crippen molar-refractivity contribution >= 4 is 11.4 Å². The Balaban J connectivity index is 2.54. The lowest BCUT2D eigenvalue weighted by atomic mass is 10.2. The van der Waals surface area contributed by atoms with Gasteiger partial charge in [0.25, 0.3) is 0 Å². The van der Waals surface area contributed by atoms with Crippen molar-refractivity contribution in [2.45, 2.75) is 13.3 Å². The zero-order chi connectivity index (χ0) is 13.4. The van der Waals surface area contributed by atoms with Gasteiger partial charge in [-0.1, -0.05) is 6.92 Å². The molecule has 1 aromatic carbocycles. The highest BCUT2D eigenvalue weighted by atomic mass is 16.6. The molecule has 0 fully saturated rings. The average molecular weight is 253 g/mol. The molecule has 0 heterocycles. The fourth-order valence-corrected chi connectivity index (χ4v) is 1.56. The van der Waals surface area contributed by atoms with E-state index in [1.165, 1.54) is 13.2 Å². The Kier molecular flexibility index (Phi) is 5.93. The van der Waals surface area contributed by atoms with Gasteiger partial charge in [0.2, 0.25) is 0 Å². The summed E-state index contributed by atoms with van der Waals surface area (Å²) in [4.78, 5) is 10.3. The number of nitro groups is 1. The SMILES string of the molecule is CCNCCCNc1ccc([N+](=O)[O-])c(OC)c1. The van der Waals surface area contributed by atoms with E-state index >= 15 is 0 Å². The van der Waals surface area contributed by atoms with Crippen molar-refractivity contribution in [3.05, 3.63) is 28.3 Å². The molecule has 2 N–H and O–H groups in total. The Bertz CT molecular complexity index is 396. The minimum absolute atomic E-state index is 0.0179. The van der Waals surface area contributed by atoms with Crippen LogP contribution in [0, 0.1) is 10.1 Å². The van der Waals surface area contributed by atoms with Crippen molar-refractivity contribution in [3.63, 3.8) is 0 Å². The van der Waals surface area contributed by atoms with Crippen molar-refractivity contribution in [1.29, 1.82) is 0 Å². The normalized spacial score (nSPS) is 10.1. The lowest BCUT2D eigenvalue weighted by molar-refractivity contribution is -0.385. The number of methoxy groups -OCH3 is 1. The van der Waals surface area contributed by atoms with E-state index in [0.29, 0.717) is 0 Å². The molecule has 0 atom stereocenters. The molecule has 0 aliphatic heterocycles. The van der Waals surface area contributed by atoms with E-state index in [1.54, 1.807) is 12.1 Å². The van der Waals surface area contributed by atoms with E-state index in [0.717, 1.165) is 31.7 Å². The second-order valence-electron chi connectivity index (χ2n) is 3.78. The second-order valence-corrected chi connectivity index (χ2v) is 3.78. The molecule has 1 rings (SSSR count). The summed E-state index contributed by atoms with van der Waals surface area (Å²) in [6, 6.07) is 4.78. The first-order valence-corrected chi connectivity index (χ1v) is 5.96. The molecule has 6 nitrogen and oxygen atoms in total. The molecule has 0 aromatic heterocycles. The van der Waals surface area contributed by atoms with E-state index in [2.05, 4.69) is 17.6 Å². The van der Waals surface area contributed by atoms with Crippen LogP contribution in [-0.4, -0.2) is 31.7 Å². The first kappa shape index (κ1) is 14.2. The molecule has 0 radical (unpaired) electrons. The van der Waals surface area contributed by atoms with Crippen LogP contribution in [0.4, 0.5) is 11.4 Å². The number of nitrogens with one attached hydrogen (secondary N) is 2. The average Bonchev–Trinajstić information content (AvgIpc) is 2.38. The summed E-state index contributed by atoms with van der Waals surface area (Å²) >= 11 is 0.